The van der Waals surface area contributed by atoms with Gasteiger partial charge in [0.1, 0.15) is 5.75 Å². The second kappa shape index (κ2) is 4.18. The maximum Gasteiger partial charge on any atom is 0.153 e. The second-order valence-electron chi connectivity index (χ2n) is 3.49. The molecule has 1 heterocycles. The highest BCUT2D eigenvalue weighted by Crippen LogP contribution is 2.19. The van der Waals surface area contributed by atoms with Gasteiger partial charge in [0.15, 0.2) is 6.29 Å². The highest BCUT2D eigenvalue weighted by Gasteiger charge is 2.04. The van der Waals surface area contributed by atoms with Crippen molar-refractivity contribution in [3.63, 3.8) is 0 Å². The van der Waals surface area contributed by atoms with Crippen molar-refractivity contribution in [2.75, 3.05) is 7.11 Å². The van der Waals surface area contributed by atoms with Gasteiger partial charge in [0, 0.05) is 6.20 Å². The summed E-state index contributed by atoms with van der Waals surface area (Å²) in [5, 5.41) is 4.12. The van der Waals surface area contributed by atoms with Crippen LogP contribution in [-0.2, 0) is 0 Å². The molecule has 2 rings (SSSR count). The van der Waals surface area contributed by atoms with Gasteiger partial charge in [-0.2, -0.15) is 5.10 Å². The summed E-state index contributed by atoms with van der Waals surface area (Å²) in [4.78, 5) is 10.6. The lowest BCUT2D eigenvalue weighted by atomic mass is 10.2. The van der Waals surface area contributed by atoms with Crippen molar-refractivity contribution >= 4 is 6.29 Å². The van der Waals surface area contributed by atoms with E-state index in [0.717, 1.165) is 23.3 Å². The first kappa shape index (κ1) is 10.4. The van der Waals surface area contributed by atoms with Crippen molar-refractivity contribution in [2.45, 2.75) is 6.92 Å². The first-order valence-electron chi connectivity index (χ1n) is 4.89. The molecular formula is C12H12N2O2. The average Bonchev–Trinajstić information content (AvgIpc) is 2.77. The van der Waals surface area contributed by atoms with E-state index in [4.69, 9.17) is 4.74 Å². The van der Waals surface area contributed by atoms with Crippen LogP contribution in [0.3, 0.4) is 0 Å². The molecular weight excluding hydrogens is 204 g/mol. The molecule has 0 aliphatic rings. The van der Waals surface area contributed by atoms with Gasteiger partial charge in [-0.3, -0.25) is 4.79 Å². The summed E-state index contributed by atoms with van der Waals surface area (Å²) in [6, 6.07) is 5.71. The number of methoxy groups -OCH3 is 1. The molecule has 0 saturated heterocycles. The van der Waals surface area contributed by atoms with Crippen LogP contribution in [0.25, 0.3) is 5.69 Å². The zero-order valence-electron chi connectivity index (χ0n) is 9.18. The van der Waals surface area contributed by atoms with Gasteiger partial charge in [-0.15, -0.1) is 0 Å². The van der Waals surface area contributed by atoms with Gasteiger partial charge >= 0.3 is 0 Å². The molecule has 0 spiro atoms. The Kier molecular flexibility index (Phi) is 2.72. The first-order chi connectivity index (χ1) is 7.74. The summed E-state index contributed by atoms with van der Waals surface area (Å²) in [6.45, 7) is 1.97. The van der Waals surface area contributed by atoms with Crippen molar-refractivity contribution in [1.29, 1.82) is 0 Å². The number of rotatable bonds is 3. The second-order valence-corrected chi connectivity index (χ2v) is 3.49. The molecule has 0 unspecified atom stereocenters. The van der Waals surface area contributed by atoms with Crippen LogP contribution >= 0.6 is 0 Å². The molecule has 0 amide bonds. The number of carbonyl (C=O) groups is 1. The third-order valence-electron chi connectivity index (χ3n) is 2.39. The van der Waals surface area contributed by atoms with Crippen LogP contribution < -0.4 is 4.74 Å². The predicted molar refractivity (Wildman–Crippen MR) is 60.2 cm³/mol. The van der Waals surface area contributed by atoms with E-state index in [0.29, 0.717) is 5.56 Å². The summed E-state index contributed by atoms with van der Waals surface area (Å²) < 4.78 is 6.81. The topological polar surface area (TPSA) is 44.1 Å². The minimum atomic E-state index is 0.565. The molecule has 0 fully saturated rings. The van der Waals surface area contributed by atoms with E-state index in [1.165, 1.54) is 6.20 Å². The minimum absolute atomic E-state index is 0.565. The normalized spacial score (nSPS) is 10.1. The zero-order chi connectivity index (χ0) is 11.5. The lowest BCUT2D eigenvalue weighted by Gasteiger charge is -2.07. The highest BCUT2D eigenvalue weighted by atomic mass is 16.5. The molecule has 0 bridgehead atoms. The van der Waals surface area contributed by atoms with Crippen molar-refractivity contribution < 1.29 is 9.53 Å². The van der Waals surface area contributed by atoms with E-state index < -0.39 is 0 Å². The molecule has 0 aliphatic heterocycles. The molecule has 16 heavy (non-hydrogen) atoms. The van der Waals surface area contributed by atoms with Crippen LogP contribution in [0.1, 0.15) is 15.9 Å². The van der Waals surface area contributed by atoms with Crippen molar-refractivity contribution in [1.82, 2.24) is 9.78 Å². The summed E-state index contributed by atoms with van der Waals surface area (Å²) in [6.07, 6.45) is 4.01. The number of carbonyl (C=O) groups excluding carboxylic acids is 1. The van der Waals surface area contributed by atoms with Crippen molar-refractivity contribution in [3.8, 4) is 11.4 Å². The Morgan fingerprint density at radius 1 is 1.44 bits per heavy atom. The number of aldehydes is 1. The fraction of sp³-hybridized carbons (Fsp3) is 0.167. The van der Waals surface area contributed by atoms with E-state index >= 15 is 0 Å². The Hall–Kier alpha value is -2.10. The molecule has 4 heteroatoms. The minimum Gasteiger partial charge on any atom is -0.497 e. The zero-order valence-corrected chi connectivity index (χ0v) is 9.18. The maximum absolute atomic E-state index is 10.6. The van der Waals surface area contributed by atoms with Crippen molar-refractivity contribution in [2.24, 2.45) is 0 Å². The van der Waals surface area contributed by atoms with Crippen LogP contribution in [0.4, 0.5) is 0 Å². The average molecular weight is 216 g/mol. The van der Waals surface area contributed by atoms with Gasteiger partial charge in [0.2, 0.25) is 0 Å². The largest absolute Gasteiger partial charge is 0.497 e. The van der Waals surface area contributed by atoms with Gasteiger partial charge in [-0.25, -0.2) is 4.68 Å². The number of benzene rings is 1. The van der Waals surface area contributed by atoms with Crippen LogP contribution in [0, 0.1) is 6.92 Å². The molecule has 4 nitrogen and oxygen atoms in total. The van der Waals surface area contributed by atoms with Gasteiger partial charge < -0.3 is 4.74 Å². The quantitative estimate of drug-likeness (QED) is 0.737. The molecule has 2 aromatic rings. The molecule has 1 aromatic carbocycles. The summed E-state index contributed by atoms with van der Waals surface area (Å²) in [5.41, 5.74) is 2.55. The van der Waals surface area contributed by atoms with Crippen LogP contribution in [-0.4, -0.2) is 23.2 Å². The molecule has 0 N–H and O–H groups in total. The lowest BCUT2D eigenvalue weighted by Crippen LogP contribution is -1.97. The monoisotopic (exact) mass is 216 g/mol. The molecule has 0 aliphatic carbocycles. The third kappa shape index (κ3) is 1.82. The van der Waals surface area contributed by atoms with Crippen LogP contribution in [0.5, 0.6) is 5.75 Å². The standard InChI is InChI=1S/C12H12N2O2/c1-9-5-11(16-2)3-4-12(9)14-7-10(8-15)6-13-14/h3-8H,1-2H3. The number of ether oxygens (including phenoxy) is 1. The van der Waals surface area contributed by atoms with Crippen LogP contribution in [0.2, 0.25) is 0 Å². The van der Waals surface area contributed by atoms with Crippen LogP contribution in [0.15, 0.2) is 30.6 Å². The first-order valence-corrected chi connectivity index (χ1v) is 4.89. The Bertz CT molecular complexity index is 517. The molecule has 0 radical (unpaired) electrons. The number of hydrogen-bond donors (Lipinski definition) is 0. The Morgan fingerprint density at radius 2 is 2.25 bits per heavy atom. The number of aromatic nitrogens is 2. The predicted octanol–water partition coefficient (Wildman–Crippen LogP) is 2.00. The summed E-state index contributed by atoms with van der Waals surface area (Å²) in [7, 11) is 1.63. The SMILES string of the molecule is COc1ccc(-n2cc(C=O)cn2)c(C)c1. The maximum atomic E-state index is 10.6. The summed E-state index contributed by atoms with van der Waals surface area (Å²) >= 11 is 0. The molecule has 0 saturated carbocycles. The van der Waals surface area contributed by atoms with E-state index in [9.17, 15) is 4.79 Å². The summed E-state index contributed by atoms with van der Waals surface area (Å²) in [5.74, 6) is 0.809. The molecule has 82 valence electrons. The van der Waals surface area contributed by atoms with Crippen molar-refractivity contribution in [3.05, 3.63) is 41.7 Å². The Morgan fingerprint density at radius 3 is 2.81 bits per heavy atom. The van der Waals surface area contributed by atoms with E-state index in [1.807, 2.05) is 25.1 Å². The Labute approximate surface area is 93.5 Å². The van der Waals surface area contributed by atoms with E-state index in [-0.39, 0.29) is 0 Å². The smallest absolute Gasteiger partial charge is 0.153 e. The highest BCUT2D eigenvalue weighted by molar-refractivity contribution is 5.73. The van der Waals surface area contributed by atoms with E-state index in [2.05, 4.69) is 5.10 Å². The molecule has 0 atom stereocenters. The molecule has 1 aromatic heterocycles. The number of nitrogens with zero attached hydrogens (tertiary/aromatic N) is 2. The number of aryl methyl sites for hydroxylation is 1. The number of hydrogen-bond acceptors (Lipinski definition) is 3. The van der Waals surface area contributed by atoms with Gasteiger partial charge in [0.25, 0.3) is 0 Å². The fourth-order valence-electron chi connectivity index (χ4n) is 1.54. The van der Waals surface area contributed by atoms with Gasteiger partial charge in [-0.05, 0) is 30.7 Å². The third-order valence-corrected chi connectivity index (χ3v) is 2.39. The fourth-order valence-corrected chi connectivity index (χ4v) is 1.54. The lowest BCUT2D eigenvalue weighted by molar-refractivity contribution is 0.112. The van der Waals surface area contributed by atoms with E-state index in [1.54, 1.807) is 18.0 Å². The van der Waals surface area contributed by atoms with Gasteiger partial charge in [0.05, 0.1) is 24.6 Å². The van der Waals surface area contributed by atoms with Gasteiger partial charge in [-0.1, -0.05) is 0 Å². The Balaban J connectivity index is 2.43.